The molecule has 5 aliphatic carbocycles. The highest BCUT2D eigenvalue weighted by atomic mass is 28.3. The van der Waals surface area contributed by atoms with E-state index in [0.29, 0.717) is 5.41 Å². The Hall–Kier alpha value is -7.00. The van der Waals surface area contributed by atoms with Crippen molar-refractivity contribution in [3.63, 3.8) is 0 Å². The largest absolute Gasteiger partial charge is 0.310 e. The fraction of sp³-hybridized carbons (Fsp3) is 0.194. The molecule has 0 aliphatic heterocycles. The highest BCUT2D eigenvalue weighted by Crippen LogP contribution is 2.61. The van der Waals surface area contributed by atoms with Crippen LogP contribution in [-0.4, -0.2) is 8.07 Å². The molecule has 0 heterocycles. The van der Waals surface area contributed by atoms with E-state index >= 15 is 0 Å². The van der Waals surface area contributed by atoms with Crippen LogP contribution in [0.15, 0.2) is 231 Å². The molecule has 69 heavy (non-hydrogen) atoms. The lowest BCUT2D eigenvalue weighted by atomic mass is 9.48. The van der Waals surface area contributed by atoms with Crippen LogP contribution in [0.5, 0.6) is 0 Å². The van der Waals surface area contributed by atoms with Crippen LogP contribution in [0.3, 0.4) is 0 Å². The van der Waals surface area contributed by atoms with Crippen LogP contribution in [-0.2, 0) is 10.8 Å². The number of hydrogen-bond donors (Lipinski definition) is 0. The van der Waals surface area contributed by atoms with Gasteiger partial charge in [0, 0.05) is 22.5 Å². The zero-order valence-corrected chi connectivity index (χ0v) is 40.9. The van der Waals surface area contributed by atoms with Crippen molar-refractivity contribution in [3.05, 3.63) is 247 Å². The predicted molar refractivity (Wildman–Crippen MR) is 293 cm³/mol. The van der Waals surface area contributed by atoms with E-state index in [1.165, 1.54) is 104 Å². The van der Waals surface area contributed by atoms with Gasteiger partial charge >= 0.3 is 0 Å². The number of hydrogen-bond acceptors (Lipinski definition) is 1. The zero-order valence-electron chi connectivity index (χ0n) is 39.9. The Morgan fingerprint density at radius 3 is 1.23 bits per heavy atom. The molecule has 0 amide bonds. The Labute approximate surface area is 410 Å². The minimum Gasteiger partial charge on any atom is -0.310 e. The van der Waals surface area contributed by atoms with E-state index in [1.807, 2.05) is 0 Å². The van der Waals surface area contributed by atoms with Crippen molar-refractivity contribution in [2.75, 3.05) is 4.90 Å². The number of anilines is 3. The van der Waals surface area contributed by atoms with Crippen LogP contribution < -0.4 is 25.6 Å². The van der Waals surface area contributed by atoms with Gasteiger partial charge in [-0.15, -0.1) is 0 Å². The Balaban J connectivity index is 0.857. The molecule has 4 bridgehead atoms. The Bertz CT molecular complexity index is 3150. The van der Waals surface area contributed by atoms with Gasteiger partial charge < -0.3 is 4.90 Å². The fourth-order valence-electron chi connectivity index (χ4n) is 14.3. The van der Waals surface area contributed by atoms with E-state index in [1.54, 1.807) is 5.56 Å². The molecular formula is C67H59NSi. The molecule has 9 aromatic rings. The van der Waals surface area contributed by atoms with Crippen molar-refractivity contribution in [1.82, 2.24) is 0 Å². The molecule has 9 aromatic carbocycles. The molecule has 0 atom stereocenters. The smallest absolute Gasteiger partial charge is 0.179 e. The van der Waals surface area contributed by atoms with Crippen LogP contribution in [0, 0.1) is 17.8 Å². The average Bonchev–Trinajstić information content (AvgIpc) is 3.63. The van der Waals surface area contributed by atoms with Gasteiger partial charge in [0.05, 0.1) is 0 Å². The van der Waals surface area contributed by atoms with Crippen molar-refractivity contribution >= 4 is 45.9 Å². The maximum absolute atomic E-state index is 2.69. The number of rotatable bonds is 10. The molecule has 336 valence electrons. The summed E-state index contributed by atoms with van der Waals surface area (Å²) in [5.74, 6) is 2.89. The van der Waals surface area contributed by atoms with E-state index in [0.717, 1.165) is 34.8 Å². The second-order valence-corrected chi connectivity index (χ2v) is 25.3. The first kappa shape index (κ1) is 42.1. The molecular weight excluding hydrogens is 847 g/mol. The summed E-state index contributed by atoms with van der Waals surface area (Å²) in [5.41, 5.74) is 15.8. The molecule has 5 aliphatic rings. The summed E-state index contributed by atoms with van der Waals surface area (Å²) in [4.78, 5) is 2.46. The van der Waals surface area contributed by atoms with Crippen molar-refractivity contribution in [2.24, 2.45) is 17.8 Å². The number of nitrogens with zero attached hydrogens (tertiary/aromatic N) is 1. The Morgan fingerprint density at radius 1 is 0.362 bits per heavy atom. The lowest BCUT2D eigenvalue weighted by molar-refractivity contribution is -0.00518. The van der Waals surface area contributed by atoms with Crippen molar-refractivity contribution < 1.29 is 0 Å². The summed E-state index contributed by atoms with van der Waals surface area (Å²) in [7, 11) is -2.69. The van der Waals surface area contributed by atoms with Crippen LogP contribution >= 0.6 is 0 Å². The van der Waals surface area contributed by atoms with E-state index in [2.05, 4.69) is 249 Å². The van der Waals surface area contributed by atoms with Crippen LogP contribution in [0.25, 0.3) is 33.4 Å². The molecule has 0 N–H and O–H groups in total. The third-order valence-corrected chi connectivity index (χ3v) is 22.0. The van der Waals surface area contributed by atoms with Crippen LogP contribution in [0.1, 0.15) is 69.1 Å². The van der Waals surface area contributed by atoms with E-state index in [-0.39, 0.29) is 5.41 Å². The molecule has 0 aromatic heterocycles. The Morgan fingerprint density at radius 2 is 0.739 bits per heavy atom. The van der Waals surface area contributed by atoms with E-state index in [4.69, 9.17) is 0 Å². The third-order valence-electron chi connectivity index (χ3n) is 17.2. The number of fused-ring (bicyclic) bond motifs is 3. The maximum atomic E-state index is 2.48. The van der Waals surface area contributed by atoms with Crippen LogP contribution in [0.2, 0.25) is 0 Å². The average molecular weight is 906 g/mol. The van der Waals surface area contributed by atoms with E-state index < -0.39 is 8.07 Å². The summed E-state index contributed by atoms with van der Waals surface area (Å²) in [6, 6.07) is 87.4. The minimum absolute atomic E-state index is 0.115. The lowest BCUT2D eigenvalue weighted by Gasteiger charge is -2.57. The van der Waals surface area contributed by atoms with Gasteiger partial charge in [-0.05, 0) is 169 Å². The van der Waals surface area contributed by atoms with Gasteiger partial charge in [0.1, 0.15) is 0 Å². The van der Waals surface area contributed by atoms with Gasteiger partial charge in [-0.2, -0.15) is 0 Å². The first-order chi connectivity index (χ1) is 33.9. The molecule has 14 rings (SSSR count). The van der Waals surface area contributed by atoms with Gasteiger partial charge in [-0.3, -0.25) is 0 Å². The van der Waals surface area contributed by atoms with Gasteiger partial charge in [0.15, 0.2) is 8.07 Å². The van der Waals surface area contributed by atoms with Crippen molar-refractivity contribution in [2.45, 2.75) is 63.2 Å². The minimum atomic E-state index is -2.69. The summed E-state index contributed by atoms with van der Waals surface area (Å²) in [6.45, 7) is 4.75. The SMILES string of the molecule is CC1(C)c2ccccc2-c2ccc(N(c3ccc(-c4ccc(-c5ccc(C67CC8CC(CC(C8)C6)C7)cc5)cc4)cc3)c3ccc([Si](c4ccccc4)(c4ccccc4)c4ccccc4)cc3)cc21. The normalized spacial score (nSPS) is 20.6. The van der Waals surface area contributed by atoms with Crippen molar-refractivity contribution in [3.8, 4) is 33.4 Å². The molecule has 0 spiro atoms. The quantitative estimate of drug-likeness (QED) is 0.0976. The first-order valence-electron chi connectivity index (χ1n) is 25.5. The second kappa shape index (κ2) is 16.6. The molecule has 0 unspecified atom stereocenters. The molecule has 0 radical (unpaired) electrons. The summed E-state index contributed by atoms with van der Waals surface area (Å²) in [5, 5.41) is 5.49. The monoisotopic (exact) mass is 905 g/mol. The number of benzene rings is 9. The summed E-state index contributed by atoms with van der Waals surface area (Å²) < 4.78 is 0. The van der Waals surface area contributed by atoms with Crippen molar-refractivity contribution in [1.29, 1.82) is 0 Å². The summed E-state index contributed by atoms with van der Waals surface area (Å²) >= 11 is 0. The standard InChI is InChI=1S/C67H59NSi/c1-66(2)64-21-13-12-20-62(64)63-39-36-57(43-65(63)66)68(56-34-37-61(38-35-56)69(58-14-6-3-7-15-58,59-16-8-4-9-17-59)60-18-10-5-11-19-60)55-32-28-53(29-33-55)51-24-22-50(23-25-51)52-26-30-54(31-27-52)67-44-47-40-48(45-67)42-49(41-47)46-67/h3-39,43,47-49H,40-42,44-46H2,1-2H3. The first-order valence-corrected chi connectivity index (χ1v) is 27.5. The van der Waals surface area contributed by atoms with Gasteiger partial charge in [-0.25, -0.2) is 0 Å². The predicted octanol–water partition coefficient (Wildman–Crippen LogP) is 14.6. The third kappa shape index (κ3) is 7.01. The maximum Gasteiger partial charge on any atom is 0.179 e. The molecule has 0 saturated heterocycles. The van der Waals surface area contributed by atoms with Crippen LogP contribution in [0.4, 0.5) is 17.1 Å². The van der Waals surface area contributed by atoms with Gasteiger partial charge in [0.2, 0.25) is 0 Å². The molecule has 1 nitrogen and oxygen atoms in total. The van der Waals surface area contributed by atoms with Gasteiger partial charge in [-0.1, -0.05) is 208 Å². The van der Waals surface area contributed by atoms with Gasteiger partial charge in [0.25, 0.3) is 0 Å². The zero-order chi connectivity index (χ0) is 46.2. The molecule has 4 fully saturated rings. The second-order valence-electron chi connectivity index (χ2n) is 21.5. The topological polar surface area (TPSA) is 3.24 Å². The highest BCUT2D eigenvalue weighted by molar-refractivity contribution is 7.19. The fourth-order valence-corrected chi connectivity index (χ4v) is 19.1. The Kier molecular flexibility index (Phi) is 10.1. The lowest BCUT2D eigenvalue weighted by Crippen LogP contribution is -2.74. The van der Waals surface area contributed by atoms with E-state index in [9.17, 15) is 0 Å². The summed E-state index contributed by atoms with van der Waals surface area (Å²) in [6.07, 6.45) is 8.71. The molecule has 4 saturated carbocycles. The highest BCUT2D eigenvalue weighted by Gasteiger charge is 2.51. The molecule has 2 heteroatoms.